The first kappa shape index (κ1) is 17.1. The van der Waals surface area contributed by atoms with Gasteiger partial charge in [-0.2, -0.15) is 0 Å². The standard InChI is InChI=1S/C17H22N6O2/c1-12-19-5-7-22(12)11-17(25)20-9-14-8-18-10-15(21-14)16-4-3-6-23(16)13(2)24/h5,7-8,10,16H,3-4,6,9,11H2,1-2H3,(H,20,25)/t16-/m0/s1. The van der Waals surface area contributed by atoms with Crippen molar-refractivity contribution in [2.45, 2.75) is 45.8 Å². The zero-order valence-electron chi connectivity index (χ0n) is 14.5. The lowest BCUT2D eigenvalue weighted by Gasteiger charge is -2.22. The van der Waals surface area contributed by atoms with E-state index in [0.29, 0.717) is 12.2 Å². The third kappa shape index (κ3) is 4.01. The van der Waals surface area contributed by atoms with Crippen molar-refractivity contribution in [2.24, 2.45) is 0 Å². The Morgan fingerprint density at radius 3 is 2.92 bits per heavy atom. The van der Waals surface area contributed by atoms with Crippen LogP contribution in [0.2, 0.25) is 0 Å². The Bertz CT molecular complexity index is 772. The number of rotatable bonds is 5. The zero-order valence-corrected chi connectivity index (χ0v) is 14.5. The highest BCUT2D eigenvalue weighted by atomic mass is 16.2. The molecule has 3 heterocycles. The van der Waals surface area contributed by atoms with Gasteiger partial charge >= 0.3 is 0 Å². The molecular weight excluding hydrogens is 320 g/mol. The monoisotopic (exact) mass is 342 g/mol. The second-order valence-corrected chi connectivity index (χ2v) is 6.18. The van der Waals surface area contributed by atoms with Crippen molar-refractivity contribution in [1.29, 1.82) is 0 Å². The van der Waals surface area contributed by atoms with E-state index in [1.165, 1.54) is 0 Å². The molecular formula is C17H22N6O2. The van der Waals surface area contributed by atoms with E-state index in [1.54, 1.807) is 36.3 Å². The zero-order chi connectivity index (χ0) is 17.8. The molecule has 1 aliphatic heterocycles. The fourth-order valence-corrected chi connectivity index (χ4v) is 3.09. The Kier molecular flexibility index (Phi) is 5.06. The van der Waals surface area contributed by atoms with Gasteiger partial charge in [0.15, 0.2) is 0 Å². The van der Waals surface area contributed by atoms with E-state index in [9.17, 15) is 9.59 Å². The molecule has 0 unspecified atom stereocenters. The number of carbonyl (C=O) groups is 2. The van der Waals surface area contributed by atoms with Crippen molar-refractivity contribution in [3.8, 4) is 0 Å². The minimum Gasteiger partial charge on any atom is -0.349 e. The maximum atomic E-state index is 12.1. The maximum Gasteiger partial charge on any atom is 0.240 e. The molecule has 0 bridgehead atoms. The molecule has 3 rings (SSSR count). The van der Waals surface area contributed by atoms with E-state index < -0.39 is 0 Å². The van der Waals surface area contributed by atoms with Gasteiger partial charge in [-0.3, -0.25) is 19.6 Å². The largest absolute Gasteiger partial charge is 0.349 e. The number of carbonyl (C=O) groups excluding carboxylic acids is 2. The van der Waals surface area contributed by atoms with Gasteiger partial charge in [-0.15, -0.1) is 0 Å². The third-order valence-electron chi connectivity index (χ3n) is 4.41. The molecule has 0 radical (unpaired) electrons. The van der Waals surface area contributed by atoms with E-state index in [1.807, 2.05) is 11.8 Å². The van der Waals surface area contributed by atoms with Gasteiger partial charge in [0.2, 0.25) is 11.8 Å². The summed E-state index contributed by atoms with van der Waals surface area (Å²) in [4.78, 5) is 38.5. The van der Waals surface area contributed by atoms with Gasteiger partial charge in [-0.1, -0.05) is 0 Å². The predicted molar refractivity (Wildman–Crippen MR) is 90.2 cm³/mol. The minimum absolute atomic E-state index is 0.0192. The number of nitrogens with one attached hydrogen (secondary N) is 1. The van der Waals surface area contributed by atoms with Gasteiger partial charge in [0, 0.05) is 25.9 Å². The van der Waals surface area contributed by atoms with Crippen molar-refractivity contribution in [3.63, 3.8) is 0 Å². The Hall–Kier alpha value is -2.77. The Balaban J connectivity index is 1.61. The van der Waals surface area contributed by atoms with Gasteiger partial charge in [-0.25, -0.2) is 4.98 Å². The van der Waals surface area contributed by atoms with Crippen LogP contribution in [0, 0.1) is 6.92 Å². The number of amides is 2. The van der Waals surface area contributed by atoms with E-state index in [0.717, 1.165) is 30.9 Å². The summed E-state index contributed by atoms with van der Waals surface area (Å²) < 4.78 is 1.78. The molecule has 1 aliphatic rings. The van der Waals surface area contributed by atoms with Crippen LogP contribution in [0.15, 0.2) is 24.8 Å². The molecule has 0 aliphatic carbocycles. The Morgan fingerprint density at radius 2 is 2.20 bits per heavy atom. The van der Waals surface area contributed by atoms with Gasteiger partial charge < -0.3 is 14.8 Å². The summed E-state index contributed by atoms with van der Waals surface area (Å²) >= 11 is 0. The first-order valence-corrected chi connectivity index (χ1v) is 8.37. The van der Waals surface area contributed by atoms with Crippen LogP contribution >= 0.6 is 0 Å². The smallest absolute Gasteiger partial charge is 0.240 e. The van der Waals surface area contributed by atoms with Gasteiger partial charge in [-0.05, 0) is 19.8 Å². The lowest BCUT2D eigenvalue weighted by atomic mass is 10.1. The molecule has 0 saturated carbocycles. The summed E-state index contributed by atoms with van der Waals surface area (Å²) in [6, 6.07) is -0.0192. The molecule has 1 N–H and O–H groups in total. The molecule has 0 spiro atoms. The number of hydrogen-bond donors (Lipinski definition) is 1. The summed E-state index contributed by atoms with van der Waals surface area (Å²) in [6.07, 6.45) is 8.64. The van der Waals surface area contributed by atoms with E-state index in [4.69, 9.17) is 0 Å². The fourth-order valence-electron chi connectivity index (χ4n) is 3.09. The highest BCUT2D eigenvalue weighted by molar-refractivity contribution is 5.75. The highest BCUT2D eigenvalue weighted by Crippen LogP contribution is 2.30. The van der Waals surface area contributed by atoms with Gasteiger partial charge in [0.05, 0.1) is 36.4 Å². The first-order valence-electron chi connectivity index (χ1n) is 8.37. The van der Waals surface area contributed by atoms with Crippen molar-refractivity contribution >= 4 is 11.8 Å². The van der Waals surface area contributed by atoms with E-state index in [2.05, 4.69) is 20.3 Å². The molecule has 2 amide bonds. The van der Waals surface area contributed by atoms with E-state index >= 15 is 0 Å². The van der Waals surface area contributed by atoms with E-state index in [-0.39, 0.29) is 24.4 Å². The topological polar surface area (TPSA) is 93.0 Å². The van der Waals surface area contributed by atoms with Crippen molar-refractivity contribution in [1.82, 2.24) is 29.7 Å². The summed E-state index contributed by atoms with van der Waals surface area (Å²) in [5, 5.41) is 2.85. The van der Waals surface area contributed by atoms with Crippen LogP contribution < -0.4 is 5.32 Å². The third-order valence-corrected chi connectivity index (χ3v) is 4.41. The molecule has 1 fully saturated rings. The van der Waals surface area contributed by atoms with Crippen LogP contribution in [-0.4, -0.2) is 42.8 Å². The van der Waals surface area contributed by atoms with Crippen LogP contribution in [0.5, 0.6) is 0 Å². The highest BCUT2D eigenvalue weighted by Gasteiger charge is 2.29. The Morgan fingerprint density at radius 1 is 1.36 bits per heavy atom. The van der Waals surface area contributed by atoms with Crippen LogP contribution in [0.25, 0.3) is 0 Å². The maximum absolute atomic E-state index is 12.1. The number of aromatic nitrogens is 4. The normalized spacial score (nSPS) is 16.9. The van der Waals surface area contributed by atoms with Gasteiger partial charge in [0.25, 0.3) is 0 Å². The molecule has 8 heteroatoms. The summed E-state index contributed by atoms with van der Waals surface area (Å²) in [7, 11) is 0. The van der Waals surface area contributed by atoms with Crippen molar-refractivity contribution in [3.05, 3.63) is 42.0 Å². The number of nitrogens with zero attached hydrogens (tertiary/aromatic N) is 5. The minimum atomic E-state index is -0.112. The molecule has 1 saturated heterocycles. The van der Waals surface area contributed by atoms with Crippen LogP contribution in [0.1, 0.15) is 43.0 Å². The average Bonchev–Trinajstić information content (AvgIpc) is 3.23. The lowest BCUT2D eigenvalue weighted by molar-refractivity contribution is -0.129. The number of hydrogen-bond acceptors (Lipinski definition) is 5. The first-order chi connectivity index (χ1) is 12.0. The molecule has 2 aromatic rings. The number of imidazole rings is 1. The second kappa shape index (κ2) is 7.42. The molecule has 2 aromatic heterocycles. The summed E-state index contributed by atoms with van der Waals surface area (Å²) in [5.74, 6) is 0.737. The van der Waals surface area contributed by atoms with Crippen molar-refractivity contribution < 1.29 is 9.59 Å². The predicted octanol–water partition coefficient (Wildman–Crippen LogP) is 0.981. The molecule has 1 atom stereocenters. The summed E-state index contributed by atoms with van der Waals surface area (Å²) in [6.45, 7) is 4.71. The molecule has 0 aromatic carbocycles. The van der Waals surface area contributed by atoms with Crippen LogP contribution in [-0.2, 0) is 22.7 Å². The molecule has 8 nitrogen and oxygen atoms in total. The number of likely N-dealkylation sites (tertiary alicyclic amines) is 1. The quantitative estimate of drug-likeness (QED) is 0.874. The van der Waals surface area contributed by atoms with Crippen molar-refractivity contribution in [2.75, 3.05) is 6.54 Å². The lowest BCUT2D eigenvalue weighted by Crippen LogP contribution is -2.30. The number of aryl methyl sites for hydroxylation is 1. The van der Waals surface area contributed by atoms with Crippen LogP contribution in [0.3, 0.4) is 0 Å². The SMILES string of the molecule is CC(=O)N1CCC[C@H]1c1cncc(CNC(=O)Cn2ccnc2C)n1. The van der Waals surface area contributed by atoms with Gasteiger partial charge in [0.1, 0.15) is 12.4 Å². The van der Waals surface area contributed by atoms with Crippen LogP contribution in [0.4, 0.5) is 0 Å². The Labute approximate surface area is 146 Å². The molecule has 132 valence electrons. The summed E-state index contributed by atoms with van der Waals surface area (Å²) in [5.41, 5.74) is 1.47. The fraction of sp³-hybridized carbons (Fsp3) is 0.471. The molecule has 25 heavy (non-hydrogen) atoms. The second-order valence-electron chi connectivity index (χ2n) is 6.18. The average molecular weight is 342 g/mol.